The van der Waals surface area contributed by atoms with E-state index in [4.69, 9.17) is 5.73 Å². The van der Waals surface area contributed by atoms with Crippen LogP contribution in [0.2, 0.25) is 0 Å². The minimum Gasteiger partial charge on any atom is -0.330 e. The molecule has 0 unspecified atom stereocenters. The number of rotatable bonds is 7. The summed E-state index contributed by atoms with van der Waals surface area (Å²) in [6.45, 7) is 12.0. The van der Waals surface area contributed by atoms with E-state index in [1.807, 2.05) is 0 Å². The van der Waals surface area contributed by atoms with Crippen LogP contribution in [-0.2, 0) is 13.0 Å². The second-order valence-corrected chi connectivity index (χ2v) is 4.57. The highest BCUT2D eigenvalue weighted by molar-refractivity contribution is 5.27. The van der Waals surface area contributed by atoms with Gasteiger partial charge in [0.1, 0.15) is 0 Å². The van der Waals surface area contributed by atoms with E-state index in [1.165, 1.54) is 16.7 Å². The number of benzene rings is 1. The Bertz CT molecular complexity index is 358. The topological polar surface area (TPSA) is 29.3 Å². The van der Waals surface area contributed by atoms with Crippen LogP contribution in [0.5, 0.6) is 0 Å². The van der Waals surface area contributed by atoms with Crippen LogP contribution in [0.25, 0.3) is 0 Å². The molecule has 0 aliphatic carbocycles. The summed E-state index contributed by atoms with van der Waals surface area (Å²) in [6.07, 6.45) is 0.959. The van der Waals surface area contributed by atoms with Crippen molar-refractivity contribution in [2.45, 2.75) is 26.8 Å². The molecule has 2 N–H and O–H groups in total. The second kappa shape index (κ2) is 7.25. The van der Waals surface area contributed by atoms with E-state index >= 15 is 0 Å². The molecule has 2 heteroatoms. The lowest BCUT2D eigenvalue weighted by atomic mass is 10.0. The maximum Gasteiger partial charge on any atom is 0.0239 e. The minimum absolute atomic E-state index is 0.712. The molecule has 0 aromatic heterocycles. The Morgan fingerprint density at radius 3 is 2.47 bits per heavy atom. The molecule has 0 fully saturated rings. The third-order valence-electron chi connectivity index (χ3n) is 2.87. The molecule has 17 heavy (non-hydrogen) atoms. The van der Waals surface area contributed by atoms with Crippen molar-refractivity contribution in [3.8, 4) is 0 Å². The van der Waals surface area contributed by atoms with Crippen molar-refractivity contribution in [2.75, 3.05) is 19.6 Å². The Morgan fingerprint density at radius 1 is 1.29 bits per heavy atom. The van der Waals surface area contributed by atoms with Gasteiger partial charge in [-0.05, 0) is 37.6 Å². The number of hydrogen-bond acceptors (Lipinski definition) is 2. The van der Waals surface area contributed by atoms with Gasteiger partial charge in [-0.2, -0.15) is 0 Å². The summed E-state index contributed by atoms with van der Waals surface area (Å²) in [5.41, 5.74) is 9.62. The smallest absolute Gasteiger partial charge is 0.0239 e. The van der Waals surface area contributed by atoms with Crippen LogP contribution in [0, 0.1) is 0 Å². The first-order valence-electron chi connectivity index (χ1n) is 6.31. The minimum atomic E-state index is 0.712. The monoisotopic (exact) mass is 232 g/mol. The zero-order chi connectivity index (χ0) is 12.7. The van der Waals surface area contributed by atoms with Crippen molar-refractivity contribution < 1.29 is 0 Å². The molecule has 1 rings (SSSR count). The van der Waals surface area contributed by atoms with Gasteiger partial charge in [0.25, 0.3) is 0 Å². The standard InChI is InChI=1S/C15H24N2/c1-4-17(11-13(2)3)12-15-8-6-5-7-14(15)9-10-16/h5-8H,2,4,9-12,16H2,1,3H3. The van der Waals surface area contributed by atoms with Crippen LogP contribution >= 0.6 is 0 Å². The fourth-order valence-electron chi connectivity index (χ4n) is 2.01. The maximum absolute atomic E-state index is 5.65. The summed E-state index contributed by atoms with van der Waals surface area (Å²) in [5, 5.41) is 0. The van der Waals surface area contributed by atoms with Gasteiger partial charge in [-0.3, -0.25) is 4.90 Å². The highest BCUT2D eigenvalue weighted by atomic mass is 15.1. The van der Waals surface area contributed by atoms with Gasteiger partial charge in [-0.15, -0.1) is 0 Å². The van der Waals surface area contributed by atoms with Crippen molar-refractivity contribution in [3.63, 3.8) is 0 Å². The Balaban J connectivity index is 2.74. The van der Waals surface area contributed by atoms with Gasteiger partial charge >= 0.3 is 0 Å². The van der Waals surface area contributed by atoms with Crippen LogP contribution in [0.4, 0.5) is 0 Å². The Hall–Kier alpha value is -1.12. The third-order valence-corrected chi connectivity index (χ3v) is 2.87. The SMILES string of the molecule is C=C(C)CN(CC)Cc1ccccc1CCN. The van der Waals surface area contributed by atoms with E-state index in [0.29, 0.717) is 6.54 Å². The van der Waals surface area contributed by atoms with Crippen LogP contribution in [0.15, 0.2) is 36.4 Å². The molecule has 94 valence electrons. The lowest BCUT2D eigenvalue weighted by Crippen LogP contribution is -2.25. The molecular weight excluding hydrogens is 208 g/mol. The van der Waals surface area contributed by atoms with Crippen molar-refractivity contribution in [1.82, 2.24) is 4.90 Å². The van der Waals surface area contributed by atoms with E-state index in [1.54, 1.807) is 0 Å². The molecule has 0 heterocycles. The van der Waals surface area contributed by atoms with Crippen molar-refractivity contribution in [3.05, 3.63) is 47.5 Å². The number of nitrogens with zero attached hydrogens (tertiary/aromatic N) is 1. The number of nitrogens with two attached hydrogens (primary N) is 1. The van der Waals surface area contributed by atoms with Gasteiger partial charge in [0.15, 0.2) is 0 Å². The fraction of sp³-hybridized carbons (Fsp3) is 0.467. The zero-order valence-electron chi connectivity index (χ0n) is 11.1. The fourth-order valence-corrected chi connectivity index (χ4v) is 2.01. The molecule has 0 saturated carbocycles. The largest absolute Gasteiger partial charge is 0.330 e. The zero-order valence-corrected chi connectivity index (χ0v) is 11.1. The molecule has 0 saturated heterocycles. The molecule has 0 atom stereocenters. The Labute approximate surface area is 105 Å². The van der Waals surface area contributed by atoms with Crippen LogP contribution in [-0.4, -0.2) is 24.5 Å². The lowest BCUT2D eigenvalue weighted by Gasteiger charge is -2.22. The van der Waals surface area contributed by atoms with Gasteiger partial charge in [-0.1, -0.05) is 43.3 Å². The van der Waals surface area contributed by atoms with Gasteiger partial charge in [-0.25, -0.2) is 0 Å². The van der Waals surface area contributed by atoms with E-state index in [9.17, 15) is 0 Å². The molecule has 1 aromatic carbocycles. The van der Waals surface area contributed by atoms with Crippen LogP contribution in [0.3, 0.4) is 0 Å². The van der Waals surface area contributed by atoms with E-state index < -0.39 is 0 Å². The highest BCUT2D eigenvalue weighted by Crippen LogP contribution is 2.12. The maximum atomic E-state index is 5.65. The number of likely N-dealkylation sites (N-methyl/N-ethyl adjacent to an activating group) is 1. The predicted octanol–water partition coefficient (Wildman–Crippen LogP) is 2.59. The molecule has 0 amide bonds. The summed E-state index contributed by atoms with van der Waals surface area (Å²) >= 11 is 0. The highest BCUT2D eigenvalue weighted by Gasteiger charge is 2.07. The number of hydrogen-bond donors (Lipinski definition) is 1. The first-order chi connectivity index (χ1) is 8.17. The molecule has 1 aromatic rings. The Kier molecular flexibility index (Phi) is 5.95. The average molecular weight is 232 g/mol. The van der Waals surface area contributed by atoms with Crippen molar-refractivity contribution in [2.24, 2.45) is 5.73 Å². The second-order valence-electron chi connectivity index (χ2n) is 4.57. The first kappa shape index (κ1) is 13.9. The van der Waals surface area contributed by atoms with Crippen LogP contribution in [0.1, 0.15) is 25.0 Å². The average Bonchev–Trinajstić information content (AvgIpc) is 2.30. The summed E-state index contributed by atoms with van der Waals surface area (Å²) in [6, 6.07) is 8.57. The van der Waals surface area contributed by atoms with Gasteiger partial charge in [0.2, 0.25) is 0 Å². The first-order valence-corrected chi connectivity index (χ1v) is 6.31. The normalized spacial score (nSPS) is 10.8. The van der Waals surface area contributed by atoms with E-state index in [-0.39, 0.29) is 0 Å². The van der Waals surface area contributed by atoms with Crippen molar-refractivity contribution >= 4 is 0 Å². The molecular formula is C15H24N2. The van der Waals surface area contributed by atoms with Gasteiger partial charge in [0, 0.05) is 13.1 Å². The summed E-state index contributed by atoms with van der Waals surface area (Å²) in [5.74, 6) is 0. The van der Waals surface area contributed by atoms with Crippen LogP contribution < -0.4 is 5.73 Å². The molecule has 0 spiro atoms. The molecule has 0 aliphatic heterocycles. The van der Waals surface area contributed by atoms with Gasteiger partial charge < -0.3 is 5.73 Å². The quantitative estimate of drug-likeness (QED) is 0.732. The summed E-state index contributed by atoms with van der Waals surface area (Å²) in [4.78, 5) is 2.40. The molecule has 0 radical (unpaired) electrons. The van der Waals surface area contributed by atoms with Gasteiger partial charge in [0.05, 0.1) is 0 Å². The summed E-state index contributed by atoms with van der Waals surface area (Å²) < 4.78 is 0. The lowest BCUT2D eigenvalue weighted by molar-refractivity contribution is 0.303. The van der Waals surface area contributed by atoms with E-state index in [2.05, 4.69) is 49.6 Å². The Morgan fingerprint density at radius 2 is 1.94 bits per heavy atom. The molecule has 0 bridgehead atoms. The predicted molar refractivity (Wildman–Crippen MR) is 75.0 cm³/mol. The molecule has 0 aliphatic rings. The third kappa shape index (κ3) is 4.72. The van der Waals surface area contributed by atoms with Crippen molar-refractivity contribution in [1.29, 1.82) is 0 Å². The molecule has 2 nitrogen and oxygen atoms in total. The van der Waals surface area contributed by atoms with E-state index in [0.717, 1.165) is 26.1 Å². The summed E-state index contributed by atoms with van der Waals surface area (Å²) in [7, 11) is 0.